The Morgan fingerprint density at radius 1 is 1.47 bits per heavy atom. The summed E-state index contributed by atoms with van der Waals surface area (Å²) in [6.07, 6.45) is 3.50. The Bertz CT molecular complexity index is 242. The summed E-state index contributed by atoms with van der Waals surface area (Å²) in [6.45, 7) is 7.60. The molecule has 0 aromatic heterocycles. The molecule has 1 heterocycles. The molecule has 100 valence electrons. The molecule has 1 rings (SSSR count). The molecular formula is C13H26N2OS. The van der Waals surface area contributed by atoms with E-state index in [9.17, 15) is 0 Å². The average molecular weight is 258 g/mol. The van der Waals surface area contributed by atoms with Crippen LogP contribution in [0.2, 0.25) is 0 Å². The van der Waals surface area contributed by atoms with Gasteiger partial charge in [0.05, 0.1) is 6.04 Å². The molecule has 0 aromatic carbocycles. The van der Waals surface area contributed by atoms with E-state index in [-0.39, 0.29) is 0 Å². The van der Waals surface area contributed by atoms with Gasteiger partial charge in [-0.3, -0.25) is 4.99 Å². The van der Waals surface area contributed by atoms with Crippen molar-refractivity contribution >= 4 is 16.9 Å². The smallest absolute Gasteiger partial charge is 0.157 e. The van der Waals surface area contributed by atoms with Crippen LogP contribution in [0.5, 0.6) is 0 Å². The second-order valence-electron chi connectivity index (χ2n) is 4.69. The molecule has 1 aliphatic rings. The first-order valence-electron chi connectivity index (χ1n) is 6.67. The van der Waals surface area contributed by atoms with Gasteiger partial charge in [-0.05, 0) is 19.3 Å². The van der Waals surface area contributed by atoms with Crippen LogP contribution >= 0.6 is 11.8 Å². The summed E-state index contributed by atoms with van der Waals surface area (Å²) in [7, 11) is 1.75. The summed E-state index contributed by atoms with van der Waals surface area (Å²) >= 11 is 1.85. The molecule has 4 heteroatoms. The summed E-state index contributed by atoms with van der Waals surface area (Å²) in [6, 6.07) is 0.966. The van der Waals surface area contributed by atoms with Crippen LogP contribution in [0.15, 0.2) is 4.99 Å². The van der Waals surface area contributed by atoms with Crippen molar-refractivity contribution in [3.8, 4) is 0 Å². The van der Waals surface area contributed by atoms with Crippen molar-refractivity contribution in [1.29, 1.82) is 0 Å². The number of methoxy groups -OCH3 is 1. The maximum Gasteiger partial charge on any atom is 0.157 e. The molecule has 0 radical (unpaired) electrons. The highest BCUT2D eigenvalue weighted by atomic mass is 32.2. The van der Waals surface area contributed by atoms with Gasteiger partial charge in [0, 0.05) is 25.5 Å². The lowest BCUT2D eigenvalue weighted by molar-refractivity contribution is 0.190. The molecule has 0 saturated carbocycles. The zero-order chi connectivity index (χ0) is 12.7. The number of thioether (sulfide) groups is 1. The molecule has 0 aromatic rings. The van der Waals surface area contributed by atoms with E-state index in [1.165, 1.54) is 12.8 Å². The minimum absolute atomic E-state index is 0.441. The largest absolute Gasteiger partial charge is 0.385 e. The topological polar surface area (TPSA) is 33.6 Å². The minimum Gasteiger partial charge on any atom is -0.385 e. The molecule has 0 fully saturated rings. The maximum absolute atomic E-state index is 5.09. The summed E-state index contributed by atoms with van der Waals surface area (Å²) in [5.41, 5.74) is 0. The predicted octanol–water partition coefficient (Wildman–Crippen LogP) is 2.91. The van der Waals surface area contributed by atoms with E-state index in [0.29, 0.717) is 12.1 Å². The lowest BCUT2D eigenvalue weighted by Crippen LogP contribution is -2.35. The van der Waals surface area contributed by atoms with E-state index >= 15 is 0 Å². The summed E-state index contributed by atoms with van der Waals surface area (Å²) in [4.78, 5) is 4.71. The van der Waals surface area contributed by atoms with Crippen LogP contribution < -0.4 is 5.32 Å². The van der Waals surface area contributed by atoms with Crippen LogP contribution in [-0.4, -0.2) is 36.7 Å². The Kier molecular flexibility index (Phi) is 6.97. The Morgan fingerprint density at radius 2 is 2.18 bits per heavy atom. The van der Waals surface area contributed by atoms with Gasteiger partial charge in [-0.15, -0.1) is 0 Å². The molecule has 3 nitrogen and oxygen atoms in total. The number of aliphatic imine (C=N–C) groups is 1. The second-order valence-corrected chi connectivity index (χ2v) is 5.70. The van der Waals surface area contributed by atoms with E-state index in [1.54, 1.807) is 7.11 Å². The molecule has 0 amide bonds. The van der Waals surface area contributed by atoms with Gasteiger partial charge in [0.2, 0.25) is 0 Å². The van der Waals surface area contributed by atoms with Gasteiger partial charge in [0.15, 0.2) is 5.17 Å². The summed E-state index contributed by atoms with van der Waals surface area (Å²) in [5.74, 6) is 1.85. The van der Waals surface area contributed by atoms with Crippen molar-refractivity contribution in [2.24, 2.45) is 10.9 Å². The van der Waals surface area contributed by atoms with E-state index in [1.807, 2.05) is 11.8 Å². The van der Waals surface area contributed by atoms with Crippen LogP contribution in [0, 0.1) is 5.92 Å². The predicted molar refractivity (Wildman–Crippen MR) is 76.8 cm³/mol. The van der Waals surface area contributed by atoms with Crippen LogP contribution in [0.4, 0.5) is 0 Å². The molecule has 1 N–H and O–H groups in total. The molecule has 0 saturated heterocycles. The van der Waals surface area contributed by atoms with Crippen molar-refractivity contribution in [2.45, 2.75) is 52.1 Å². The van der Waals surface area contributed by atoms with E-state index < -0.39 is 0 Å². The monoisotopic (exact) mass is 258 g/mol. The highest BCUT2D eigenvalue weighted by Crippen LogP contribution is 2.21. The van der Waals surface area contributed by atoms with Gasteiger partial charge in [-0.25, -0.2) is 0 Å². The molecule has 0 spiro atoms. The lowest BCUT2D eigenvalue weighted by atomic mass is 9.96. The molecule has 2 unspecified atom stereocenters. The lowest BCUT2D eigenvalue weighted by Gasteiger charge is -2.22. The summed E-state index contributed by atoms with van der Waals surface area (Å²) < 4.78 is 5.09. The molecule has 2 atom stereocenters. The highest BCUT2D eigenvalue weighted by molar-refractivity contribution is 8.14. The standard InChI is InChI=1S/C13H26N2OS/c1-5-11(6-2)10(3)14-13-15-12(9-17-13)7-8-16-4/h10-12H,5-9H2,1-4H3,(H,14,15). The normalized spacial score (nSPS) is 21.7. The second kappa shape index (κ2) is 7.98. The molecule has 17 heavy (non-hydrogen) atoms. The first-order valence-corrected chi connectivity index (χ1v) is 7.65. The minimum atomic E-state index is 0.441. The quantitative estimate of drug-likeness (QED) is 0.762. The molecule has 0 bridgehead atoms. The van der Waals surface area contributed by atoms with Crippen LogP contribution in [-0.2, 0) is 4.74 Å². The third-order valence-electron chi connectivity index (χ3n) is 3.47. The Labute approximate surface area is 110 Å². The third-order valence-corrected chi connectivity index (χ3v) is 4.52. The van der Waals surface area contributed by atoms with Gasteiger partial charge in [0.1, 0.15) is 0 Å². The first-order chi connectivity index (χ1) is 8.21. The number of hydrogen-bond acceptors (Lipinski definition) is 4. The SMILES string of the molecule is CCC(CC)C(C)NC1=NC(CCOC)CS1. The number of ether oxygens (including phenoxy) is 1. The highest BCUT2D eigenvalue weighted by Gasteiger charge is 2.21. The van der Waals surface area contributed by atoms with Crippen LogP contribution in [0.1, 0.15) is 40.0 Å². The Morgan fingerprint density at radius 3 is 2.76 bits per heavy atom. The average Bonchev–Trinajstić information content (AvgIpc) is 2.75. The molecule has 0 aliphatic carbocycles. The zero-order valence-electron chi connectivity index (χ0n) is 11.5. The Balaban J connectivity index is 2.36. The molecule has 1 aliphatic heterocycles. The number of nitrogens with one attached hydrogen (secondary N) is 1. The van der Waals surface area contributed by atoms with Crippen molar-refractivity contribution in [3.05, 3.63) is 0 Å². The fourth-order valence-corrected chi connectivity index (χ4v) is 3.29. The van der Waals surface area contributed by atoms with Crippen molar-refractivity contribution in [1.82, 2.24) is 5.32 Å². The van der Waals surface area contributed by atoms with Gasteiger partial charge in [-0.2, -0.15) is 0 Å². The molecular weight excluding hydrogens is 232 g/mol. The zero-order valence-corrected chi connectivity index (χ0v) is 12.3. The van der Waals surface area contributed by atoms with Crippen molar-refractivity contribution in [2.75, 3.05) is 19.5 Å². The Hall–Kier alpha value is -0.220. The number of hydrogen-bond donors (Lipinski definition) is 1. The fourth-order valence-electron chi connectivity index (χ4n) is 2.20. The van der Waals surface area contributed by atoms with Crippen LogP contribution in [0.3, 0.4) is 0 Å². The van der Waals surface area contributed by atoms with Crippen molar-refractivity contribution < 1.29 is 4.74 Å². The van der Waals surface area contributed by atoms with Gasteiger partial charge < -0.3 is 10.1 Å². The number of amidine groups is 1. The van der Waals surface area contributed by atoms with Gasteiger partial charge >= 0.3 is 0 Å². The van der Waals surface area contributed by atoms with E-state index in [2.05, 4.69) is 26.1 Å². The van der Waals surface area contributed by atoms with Gasteiger partial charge in [0.25, 0.3) is 0 Å². The number of nitrogens with zero attached hydrogens (tertiary/aromatic N) is 1. The van der Waals surface area contributed by atoms with E-state index in [0.717, 1.165) is 29.9 Å². The van der Waals surface area contributed by atoms with E-state index in [4.69, 9.17) is 9.73 Å². The first kappa shape index (κ1) is 14.8. The maximum atomic E-state index is 5.09. The van der Waals surface area contributed by atoms with Crippen LogP contribution in [0.25, 0.3) is 0 Å². The number of rotatable bonds is 7. The van der Waals surface area contributed by atoms with Gasteiger partial charge in [-0.1, -0.05) is 38.5 Å². The fraction of sp³-hybridized carbons (Fsp3) is 0.923. The summed E-state index contributed by atoms with van der Waals surface area (Å²) in [5, 5.41) is 4.69. The van der Waals surface area contributed by atoms with Crippen molar-refractivity contribution in [3.63, 3.8) is 0 Å². The third kappa shape index (κ3) is 4.88.